The maximum absolute atomic E-state index is 13.1. The van der Waals surface area contributed by atoms with Crippen molar-refractivity contribution in [3.05, 3.63) is 52.3 Å². The molecular formula is C22H29ClN4O2. The van der Waals surface area contributed by atoms with E-state index in [0.717, 1.165) is 48.8 Å². The number of carbonyl (C=O) groups is 1. The molecule has 1 amide bonds. The van der Waals surface area contributed by atoms with Crippen LogP contribution in [0.1, 0.15) is 54.2 Å². The number of rotatable bonds is 4. The zero-order valence-electron chi connectivity index (χ0n) is 17.1. The third kappa shape index (κ3) is 4.65. The van der Waals surface area contributed by atoms with E-state index in [1.807, 2.05) is 36.9 Å². The van der Waals surface area contributed by atoms with Crippen LogP contribution in [0.5, 0.6) is 0 Å². The number of H-pyrrole nitrogens is 1. The molecule has 2 aliphatic heterocycles. The number of aromatic amines is 1. The summed E-state index contributed by atoms with van der Waals surface area (Å²) in [6.07, 6.45) is 3.82. The van der Waals surface area contributed by atoms with Crippen LogP contribution in [0.2, 0.25) is 5.02 Å². The predicted octanol–water partition coefficient (Wildman–Crippen LogP) is 3.69. The summed E-state index contributed by atoms with van der Waals surface area (Å²) < 4.78 is 5.77. The van der Waals surface area contributed by atoms with Gasteiger partial charge >= 0.3 is 0 Å². The molecular weight excluding hydrogens is 388 g/mol. The van der Waals surface area contributed by atoms with Crippen LogP contribution in [-0.4, -0.2) is 64.3 Å². The molecule has 29 heavy (non-hydrogen) atoms. The minimum atomic E-state index is 0.0612. The summed E-state index contributed by atoms with van der Waals surface area (Å²) in [6, 6.07) is 8.03. The van der Waals surface area contributed by atoms with Crippen molar-refractivity contribution in [1.82, 2.24) is 20.0 Å². The predicted molar refractivity (Wildman–Crippen MR) is 113 cm³/mol. The molecule has 7 heteroatoms. The third-order valence-corrected chi connectivity index (χ3v) is 6.32. The second kappa shape index (κ2) is 8.86. The van der Waals surface area contributed by atoms with Crippen LogP contribution in [0.3, 0.4) is 0 Å². The number of likely N-dealkylation sites (tertiary alicyclic amines) is 1. The molecule has 0 bridgehead atoms. The topological polar surface area (TPSA) is 61.5 Å². The molecule has 2 saturated heterocycles. The first-order chi connectivity index (χ1) is 14.0. The first-order valence-corrected chi connectivity index (χ1v) is 10.8. The summed E-state index contributed by atoms with van der Waals surface area (Å²) in [6.45, 7) is 8.11. The average Bonchev–Trinajstić information content (AvgIpc) is 3.19. The second-order valence-electron chi connectivity index (χ2n) is 8.31. The van der Waals surface area contributed by atoms with Crippen LogP contribution in [0.25, 0.3) is 0 Å². The summed E-state index contributed by atoms with van der Waals surface area (Å²) in [7, 11) is 0. The van der Waals surface area contributed by atoms with E-state index in [1.165, 1.54) is 5.56 Å². The standard InChI is InChI=1S/C22H29ClN4O2/c1-15-12-27(13-16(2)29-15)22(28)19-11-24-25-21(19)17-7-9-26(10-8-17)14-18-5-3-4-6-20(18)23/h3-6,11,15-17H,7-10,12-14H2,1-2H3,(H,24,25)/t15-,16+. The number of morpholine rings is 1. The van der Waals surface area contributed by atoms with Crippen molar-refractivity contribution in [1.29, 1.82) is 0 Å². The highest BCUT2D eigenvalue weighted by atomic mass is 35.5. The minimum Gasteiger partial charge on any atom is -0.372 e. The van der Waals surface area contributed by atoms with Crippen molar-refractivity contribution in [3.63, 3.8) is 0 Å². The summed E-state index contributed by atoms with van der Waals surface area (Å²) in [5.74, 6) is 0.393. The zero-order chi connectivity index (χ0) is 20.4. The molecule has 1 N–H and O–H groups in total. The highest BCUT2D eigenvalue weighted by Crippen LogP contribution is 2.31. The minimum absolute atomic E-state index is 0.0612. The van der Waals surface area contributed by atoms with Crippen LogP contribution in [-0.2, 0) is 11.3 Å². The molecule has 2 atom stereocenters. The molecule has 1 aromatic carbocycles. The van der Waals surface area contributed by atoms with Gasteiger partial charge in [0.1, 0.15) is 0 Å². The Bertz CT molecular complexity index is 837. The van der Waals surface area contributed by atoms with E-state index in [4.69, 9.17) is 16.3 Å². The number of benzene rings is 1. The van der Waals surface area contributed by atoms with Gasteiger partial charge in [0.2, 0.25) is 0 Å². The summed E-state index contributed by atoms with van der Waals surface area (Å²) in [5.41, 5.74) is 2.87. The maximum atomic E-state index is 13.1. The highest BCUT2D eigenvalue weighted by Gasteiger charge is 2.31. The average molecular weight is 417 g/mol. The lowest BCUT2D eigenvalue weighted by molar-refractivity contribution is -0.0586. The molecule has 0 spiro atoms. The van der Waals surface area contributed by atoms with Crippen molar-refractivity contribution < 1.29 is 9.53 Å². The van der Waals surface area contributed by atoms with E-state index in [0.29, 0.717) is 19.0 Å². The van der Waals surface area contributed by atoms with Crippen LogP contribution in [0, 0.1) is 0 Å². The van der Waals surface area contributed by atoms with Gasteiger partial charge in [0.15, 0.2) is 0 Å². The number of ether oxygens (including phenoxy) is 1. The number of hydrogen-bond acceptors (Lipinski definition) is 4. The van der Waals surface area contributed by atoms with E-state index in [2.05, 4.69) is 21.2 Å². The molecule has 2 fully saturated rings. The first kappa shape index (κ1) is 20.4. The Kier molecular flexibility index (Phi) is 6.23. The van der Waals surface area contributed by atoms with Crippen LogP contribution >= 0.6 is 11.6 Å². The van der Waals surface area contributed by atoms with E-state index in [-0.39, 0.29) is 18.1 Å². The van der Waals surface area contributed by atoms with Crippen molar-refractivity contribution in [2.24, 2.45) is 0 Å². The van der Waals surface area contributed by atoms with Gasteiger partial charge in [0.05, 0.1) is 29.7 Å². The fraction of sp³-hybridized carbons (Fsp3) is 0.545. The Morgan fingerprint density at radius 1 is 1.21 bits per heavy atom. The third-order valence-electron chi connectivity index (χ3n) is 5.95. The largest absolute Gasteiger partial charge is 0.372 e. The van der Waals surface area contributed by atoms with E-state index in [9.17, 15) is 4.79 Å². The van der Waals surface area contributed by atoms with Gasteiger partial charge in [-0.05, 0) is 51.4 Å². The highest BCUT2D eigenvalue weighted by molar-refractivity contribution is 6.31. The Labute approximate surface area is 177 Å². The number of halogens is 1. The fourth-order valence-corrected chi connectivity index (χ4v) is 4.73. The lowest BCUT2D eigenvalue weighted by Crippen LogP contribution is -2.48. The second-order valence-corrected chi connectivity index (χ2v) is 8.71. The fourth-order valence-electron chi connectivity index (χ4n) is 4.54. The molecule has 0 aliphatic carbocycles. The van der Waals surface area contributed by atoms with Crippen molar-refractivity contribution >= 4 is 17.5 Å². The number of nitrogens with one attached hydrogen (secondary N) is 1. The Morgan fingerprint density at radius 3 is 2.59 bits per heavy atom. The lowest BCUT2D eigenvalue weighted by Gasteiger charge is -2.36. The van der Waals surface area contributed by atoms with Crippen LogP contribution in [0.15, 0.2) is 30.5 Å². The van der Waals surface area contributed by atoms with Gasteiger partial charge in [-0.25, -0.2) is 0 Å². The molecule has 0 unspecified atom stereocenters. The van der Waals surface area contributed by atoms with Crippen LogP contribution in [0.4, 0.5) is 0 Å². The van der Waals surface area contributed by atoms with Gasteiger partial charge < -0.3 is 9.64 Å². The number of piperidine rings is 1. The molecule has 2 aromatic rings. The van der Waals surface area contributed by atoms with Gasteiger partial charge in [-0.3, -0.25) is 14.8 Å². The van der Waals surface area contributed by atoms with Crippen molar-refractivity contribution in [2.45, 2.75) is 51.4 Å². The summed E-state index contributed by atoms with van der Waals surface area (Å²) in [5, 5.41) is 8.16. The molecule has 0 saturated carbocycles. The number of hydrogen-bond donors (Lipinski definition) is 1. The van der Waals surface area contributed by atoms with Crippen molar-refractivity contribution in [2.75, 3.05) is 26.2 Å². The molecule has 4 rings (SSSR count). The molecule has 3 heterocycles. The van der Waals surface area contributed by atoms with Gasteiger partial charge in [-0.1, -0.05) is 29.8 Å². The van der Waals surface area contributed by atoms with E-state index < -0.39 is 0 Å². The molecule has 1 aromatic heterocycles. The first-order valence-electron chi connectivity index (χ1n) is 10.4. The Hall–Kier alpha value is -1.89. The quantitative estimate of drug-likeness (QED) is 0.825. The Morgan fingerprint density at radius 2 is 1.90 bits per heavy atom. The Balaban J connectivity index is 1.39. The number of amides is 1. The monoisotopic (exact) mass is 416 g/mol. The molecule has 6 nitrogen and oxygen atoms in total. The lowest BCUT2D eigenvalue weighted by atomic mass is 9.90. The molecule has 2 aliphatic rings. The zero-order valence-corrected chi connectivity index (χ0v) is 17.9. The number of carbonyl (C=O) groups excluding carboxylic acids is 1. The van der Waals surface area contributed by atoms with Crippen LogP contribution < -0.4 is 0 Å². The summed E-state index contributed by atoms with van der Waals surface area (Å²) in [4.78, 5) is 17.5. The van der Waals surface area contributed by atoms with E-state index in [1.54, 1.807) is 6.20 Å². The van der Waals surface area contributed by atoms with E-state index >= 15 is 0 Å². The molecule has 156 valence electrons. The van der Waals surface area contributed by atoms with Crippen molar-refractivity contribution in [3.8, 4) is 0 Å². The maximum Gasteiger partial charge on any atom is 0.257 e. The smallest absolute Gasteiger partial charge is 0.257 e. The SMILES string of the molecule is C[C@@H]1CN(C(=O)c2cn[nH]c2C2CCN(Cc3ccccc3Cl)CC2)C[C@H](C)O1. The van der Waals surface area contributed by atoms with Gasteiger partial charge in [0.25, 0.3) is 5.91 Å². The number of aromatic nitrogens is 2. The van der Waals surface area contributed by atoms with Gasteiger partial charge in [-0.2, -0.15) is 5.10 Å². The normalized spacial score (nSPS) is 24.0. The number of nitrogens with zero attached hydrogens (tertiary/aromatic N) is 3. The van der Waals surface area contributed by atoms with Gasteiger partial charge in [0, 0.05) is 30.6 Å². The van der Waals surface area contributed by atoms with Gasteiger partial charge in [-0.15, -0.1) is 0 Å². The molecule has 0 radical (unpaired) electrons. The summed E-state index contributed by atoms with van der Waals surface area (Å²) >= 11 is 6.31.